The molecule has 0 aliphatic rings. The Labute approximate surface area is 79.2 Å². The van der Waals surface area contributed by atoms with Gasteiger partial charge in [0.2, 0.25) is 0 Å². The number of carbonyl (C=O) groups is 1. The van der Waals surface area contributed by atoms with Gasteiger partial charge in [-0.25, -0.2) is 4.79 Å². The molecule has 0 unspecified atom stereocenters. The third-order valence-electron chi connectivity index (χ3n) is 1.61. The molecule has 14 heavy (non-hydrogen) atoms. The fourth-order valence-corrected chi connectivity index (χ4v) is 1.02. The zero-order valence-electron chi connectivity index (χ0n) is 7.04. The van der Waals surface area contributed by atoms with Gasteiger partial charge in [-0.05, 0) is 17.3 Å². The zero-order valence-corrected chi connectivity index (χ0v) is 7.04. The van der Waals surface area contributed by atoms with Crippen LogP contribution >= 0.6 is 0 Å². The molecule has 0 N–H and O–H groups in total. The van der Waals surface area contributed by atoms with Crippen LogP contribution < -0.4 is 4.84 Å². The minimum atomic E-state index is -0.805. The van der Waals surface area contributed by atoms with E-state index in [2.05, 4.69) is 15.1 Å². The molecule has 1 heterocycles. The van der Waals surface area contributed by atoms with Gasteiger partial charge < -0.3 is 4.84 Å². The summed E-state index contributed by atoms with van der Waals surface area (Å²) in [6.45, 7) is 0. The summed E-state index contributed by atoms with van der Waals surface area (Å²) in [5.74, 6) is 1.01. The van der Waals surface area contributed by atoms with Crippen LogP contribution in [0.4, 0.5) is 0 Å². The van der Waals surface area contributed by atoms with Crippen LogP contribution in [-0.2, 0) is 4.79 Å². The molecule has 0 atom stereocenters. The first kappa shape index (κ1) is 8.26. The number of fused-ring (bicyclic) bond motifs is 1. The molecule has 0 aliphatic heterocycles. The minimum absolute atomic E-state index is 0.594. The molecular weight excluding hydrogens is 182 g/mol. The highest BCUT2D eigenvalue weighted by Crippen LogP contribution is 2.07. The van der Waals surface area contributed by atoms with Gasteiger partial charge in [-0.1, -0.05) is 17.0 Å². The second kappa shape index (κ2) is 3.18. The van der Waals surface area contributed by atoms with Crippen LogP contribution in [-0.4, -0.2) is 21.1 Å². The monoisotopic (exact) mass is 187 g/mol. The Balaban J connectivity index is 2.44. The number of aromatic nitrogens is 3. The first-order valence-electron chi connectivity index (χ1n) is 3.80. The summed E-state index contributed by atoms with van der Waals surface area (Å²) in [6, 6.07) is 7.07. The predicted octanol–water partition coefficient (Wildman–Crippen LogP) is 0.0197. The third kappa shape index (κ3) is 1.29. The fraction of sp³-hybridized carbons (Fsp3) is 0. The summed E-state index contributed by atoms with van der Waals surface area (Å²) in [7, 11) is 0. The van der Waals surface area contributed by atoms with Crippen LogP contribution in [0.1, 0.15) is 0 Å². The van der Waals surface area contributed by atoms with Gasteiger partial charge in [-0.2, -0.15) is 0 Å². The maximum Gasteiger partial charge on any atom is 0.410 e. The Bertz CT molecular complexity index is 524. The van der Waals surface area contributed by atoms with E-state index in [-0.39, 0.29) is 0 Å². The minimum Gasteiger partial charge on any atom is -0.304 e. The largest absolute Gasteiger partial charge is 0.410 e. The molecule has 2 rings (SSSR count). The van der Waals surface area contributed by atoms with Gasteiger partial charge in [0.15, 0.2) is 0 Å². The van der Waals surface area contributed by atoms with Crippen LogP contribution in [0.3, 0.4) is 0 Å². The van der Waals surface area contributed by atoms with E-state index in [4.69, 9.17) is 6.42 Å². The van der Waals surface area contributed by atoms with E-state index >= 15 is 0 Å². The molecule has 1 aromatic carbocycles. The molecule has 1 aromatic heterocycles. The molecule has 0 spiro atoms. The number of carbonyl (C=O) groups excluding carboxylic acids is 1. The van der Waals surface area contributed by atoms with Crippen molar-refractivity contribution in [2.75, 3.05) is 0 Å². The molecule has 0 saturated carbocycles. The van der Waals surface area contributed by atoms with Crippen molar-refractivity contribution in [1.82, 2.24) is 15.2 Å². The molecule has 5 nitrogen and oxygen atoms in total. The fourth-order valence-electron chi connectivity index (χ4n) is 1.02. The number of nitrogens with zero attached hydrogens (tertiary/aromatic N) is 3. The quantitative estimate of drug-likeness (QED) is 0.466. The molecule has 0 bridgehead atoms. The maximum atomic E-state index is 10.8. The SMILES string of the molecule is C#CC(=O)On1nnc2ccccc21. The topological polar surface area (TPSA) is 57.0 Å². The van der Waals surface area contributed by atoms with Crippen LogP contribution in [0.15, 0.2) is 24.3 Å². The van der Waals surface area contributed by atoms with Crippen LogP contribution in [0.5, 0.6) is 0 Å². The van der Waals surface area contributed by atoms with Gasteiger partial charge >= 0.3 is 5.97 Å². The lowest BCUT2D eigenvalue weighted by Crippen LogP contribution is -2.18. The summed E-state index contributed by atoms with van der Waals surface area (Å²) in [4.78, 5) is 16.5. The van der Waals surface area contributed by atoms with Crippen LogP contribution in [0.25, 0.3) is 11.0 Å². The lowest BCUT2D eigenvalue weighted by atomic mass is 10.3. The predicted molar refractivity (Wildman–Crippen MR) is 47.9 cm³/mol. The lowest BCUT2D eigenvalue weighted by molar-refractivity contribution is -0.138. The van der Waals surface area contributed by atoms with Crippen molar-refractivity contribution < 1.29 is 9.63 Å². The molecule has 0 saturated heterocycles. The van der Waals surface area contributed by atoms with Gasteiger partial charge in [0.25, 0.3) is 0 Å². The Hall–Kier alpha value is -2.35. The van der Waals surface area contributed by atoms with Crippen molar-refractivity contribution in [3.63, 3.8) is 0 Å². The van der Waals surface area contributed by atoms with Crippen molar-refractivity contribution in [3.05, 3.63) is 24.3 Å². The van der Waals surface area contributed by atoms with Crippen LogP contribution in [0.2, 0.25) is 0 Å². The average Bonchev–Trinajstić information content (AvgIpc) is 2.62. The molecule has 0 amide bonds. The van der Waals surface area contributed by atoms with Crippen molar-refractivity contribution in [3.8, 4) is 12.3 Å². The van der Waals surface area contributed by atoms with Crippen molar-refractivity contribution in [2.24, 2.45) is 0 Å². The molecule has 0 radical (unpaired) electrons. The highest BCUT2D eigenvalue weighted by Gasteiger charge is 2.06. The van der Waals surface area contributed by atoms with E-state index in [1.54, 1.807) is 18.2 Å². The van der Waals surface area contributed by atoms with Crippen molar-refractivity contribution >= 4 is 17.0 Å². The summed E-state index contributed by atoms with van der Waals surface area (Å²) >= 11 is 0. The molecule has 5 heteroatoms. The molecule has 0 fully saturated rings. The highest BCUT2D eigenvalue weighted by atomic mass is 16.7. The number of benzene rings is 1. The summed E-state index contributed by atoms with van der Waals surface area (Å²) in [6.07, 6.45) is 4.85. The molecule has 0 aliphatic carbocycles. The van der Waals surface area contributed by atoms with E-state index in [1.165, 1.54) is 0 Å². The van der Waals surface area contributed by atoms with Gasteiger partial charge in [-0.15, -0.1) is 11.5 Å². The van der Waals surface area contributed by atoms with E-state index in [0.717, 1.165) is 4.85 Å². The Morgan fingerprint density at radius 2 is 2.29 bits per heavy atom. The van der Waals surface area contributed by atoms with Gasteiger partial charge in [0, 0.05) is 5.92 Å². The number of hydrogen-bond acceptors (Lipinski definition) is 4. The van der Waals surface area contributed by atoms with Gasteiger partial charge in [0.1, 0.15) is 11.0 Å². The van der Waals surface area contributed by atoms with E-state index in [0.29, 0.717) is 11.0 Å². The highest BCUT2D eigenvalue weighted by molar-refractivity contribution is 5.88. The second-order valence-corrected chi connectivity index (χ2v) is 2.47. The van der Waals surface area contributed by atoms with E-state index in [9.17, 15) is 4.79 Å². The van der Waals surface area contributed by atoms with E-state index < -0.39 is 5.97 Å². The normalized spacial score (nSPS) is 9.64. The number of rotatable bonds is 1. The Kier molecular flexibility index (Phi) is 1.88. The first-order valence-corrected chi connectivity index (χ1v) is 3.80. The van der Waals surface area contributed by atoms with E-state index in [1.807, 2.05) is 12.0 Å². The van der Waals surface area contributed by atoms with Crippen LogP contribution in [0, 0.1) is 12.3 Å². The average molecular weight is 187 g/mol. The Morgan fingerprint density at radius 1 is 1.50 bits per heavy atom. The number of hydrogen-bond donors (Lipinski definition) is 0. The number of terminal acetylenes is 1. The second-order valence-electron chi connectivity index (χ2n) is 2.47. The first-order chi connectivity index (χ1) is 6.81. The zero-order chi connectivity index (χ0) is 9.97. The van der Waals surface area contributed by atoms with Gasteiger partial charge in [-0.3, -0.25) is 0 Å². The Morgan fingerprint density at radius 3 is 3.07 bits per heavy atom. The molecule has 68 valence electrons. The third-order valence-corrected chi connectivity index (χ3v) is 1.61. The standard InChI is InChI=1S/C9H5N3O2/c1-2-9(13)14-12-8-6-4-3-5-7(8)10-11-12/h1,3-6H. The molecule has 2 aromatic rings. The van der Waals surface area contributed by atoms with Crippen molar-refractivity contribution in [2.45, 2.75) is 0 Å². The lowest BCUT2D eigenvalue weighted by Gasteiger charge is -1.97. The molecular formula is C9H5N3O2. The summed E-state index contributed by atoms with van der Waals surface area (Å²) in [5, 5.41) is 7.38. The summed E-state index contributed by atoms with van der Waals surface area (Å²) < 4.78 is 0. The maximum absolute atomic E-state index is 10.8. The smallest absolute Gasteiger partial charge is 0.304 e. The summed E-state index contributed by atoms with van der Waals surface area (Å²) in [5.41, 5.74) is 1.23. The van der Waals surface area contributed by atoms with Crippen molar-refractivity contribution in [1.29, 1.82) is 0 Å². The van der Waals surface area contributed by atoms with Gasteiger partial charge in [0.05, 0.1) is 0 Å². The number of para-hydroxylation sites is 1.